The maximum atomic E-state index is 12.9. The van der Waals surface area contributed by atoms with Gasteiger partial charge in [-0.1, -0.05) is 229 Å². The zero-order chi connectivity index (χ0) is 59.0. The Morgan fingerprint density at radius 2 is 0.608 bits per heavy atom. The summed E-state index contributed by atoms with van der Waals surface area (Å²) in [5.41, 5.74) is 0. The highest BCUT2D eigenvalue weighted by molar-refractivity contribution is 7.47. The molecule has 0 saturated carbocycles. The van der Waals surface area contributed by atoms with E-state index in [1.165, 1.54) is 70.6 Å². The van der Waals surface area contributed by atoms with E-state index < -0.39 is 97.5 Å². The summed E-state index contributed by atoms with van der Waals surface area (Å²) in [7, 11) is -9.88. The lowest BCUT2D eigenvalue weighted by Gasteiger charge is -2.21. The number of hydrogen-bond acceptors (Lipinski definition) is 15. The van der Waals surface area contributed by atoms with Gasteiger partial charge in [0.25, 0.3) is 0 Å². The van der Waals surface area contributed by atoms with Crippen LogP contribution in [-0.2, 0) is 65.4 Å². The van der Waals surface area contributed by atoms with E-state index in [1.54, 1.807) is 0 Å². The Hall–Kier alpha value is -1.94. The maximum absolute atomic E-state index is 12.9. The van der Waals surface area contributed by atoms with E-state index >= 15 is 0 Å². The van der Waals surface area contributed by atoms with Crippen molar-refractivity contribution in [1.82, 2.24) is 0 Å². The SMILES string of the molecule is CCC(C)CCCCCCCCC(=O)O[C@H](COC(=O)CCCCCCCCCC(C)C)COP(=O)(O)OC[C@@H](O)COP(=O)(O)OC[C@@H](COC(=O)CCCCCCCCC(C)C)OC(=O)CCCCCCCCCC(C)C. The molecule has 0 aromatic rings. The van der Waals surface area contributed by atoms with Gasteiger partial charge in [0.1, 0.15) is 19.3 Å². The van der Waals surface area contributed by atoms with Crippen LogP contribution in [0, 0.1) is 23.7 Å². The third-order valence-electron chi connectivity index (χ3n) is 13.9. The van der Waals surface area contributed by atoms with Crippen LogP contribution >= 0.6 is 15.6 Å². The van der Waals surface area contributed by atoms with E-state index in [0.29, 0.717) is 43.4 Å². The molecule has 17 nitrogen and oxygen atoms in total. The second-order valence-electron chi connectivity index (χ2n) is 23.4. The van der Waals surface area contributed by atoms with E-state index in [4.69, 9.17) is 37.0 Å². The van der Waals surface area contributed by atoms with Crippen LogP contribution in [0.2, 0.25) is 0 Å². The van der Waals surface area contributed by atoms with E-state index in [9.17, 15) is 43.2 Å². The van der Waals surface area contributed by atoms with E-state index in [-0.39, 0.29) is 25.7 Å². The van der Waals surface area contributed by atoms with Crippen molar-refractivity contribution in [3.63, 3.8) is 0 Å². The molecule has 0 aliphatic heterocycles. The molecule has 0 fully saturated rings. The van der Waals surface area contributed by atoms with Crippen molar-refractivity contribution in [1.29, 1.82) is 0 Å². The van der Waals surface area contributed by atoms with Crippen LogP contribution < -0.4 is 0 Å². The number of phosphoric ester groups is 2. The van der Waals surface area contributed by atoms with Crippen LogP contribution in [0.3, 0.4) is 0 Å². The van der Waals surface area contributed by atoms with Gasteiger partial charge < -0.3 is 33.8 Å². The Balaban J connectivity index is 5.25. The molecule has 468 valence electrons. The lowest BCUT2D eigenvalue weighted by Crippen LogP contribution is -2.30. The van der Waals surface area contributed by atoms with Crippen LogP contribution in [0.15, 0.2) is 0 Å². The highest BCUT2D eigenvalue weighted by Gasteiger charge is 2.30. The Morgan fingerprint density at radius 3 is 0.899 bits per heavy atom. The number of phosphoric acid groups is 2. The zero-order valence-corrected chi connectivity index (χ0v) is 52.8. The Kier molecular flexibility index (Phi) is 49.3. The summed E-state index contributed by atoms with van der Waals surface area (Å²) in [4.78, 5) is 71.9. The third kappa shape index (κ3) is 53.8. The Labute approximate surface area is 479 Å². The lowest BCUT2D eigenvalue weighted by atomic mass is 10.00. The zero-order valence-electron chi connectivity index (χ0n) is 51.0. The van der Waals surface area contributed by atoms with E-state index in [1.807, 2.05) is 0 Å². The molecule has 0 rings (SSSR count). The molecule has 0 radical (unpaired) electrons. The van der Waals surface area contributed by atoms with Gasteiger partial charge in [-0.3, -0.25) is 37.3 Å². The highest BCUT2D eigenvalue weighted by atomic mass is 31.2. The van der Waals surface area contributed by atoms with Crippen LogP contribution in [0.5, 0.6) is 0 Å². The van der Waals surface area contributed by atoms with Gasteiger partial charge in [-0.15, -0.1) is 0 Å². The molecular weight excluding hydrogens is 1050 g/mol. The number of unbranched alkanes of at least 4 members (excludes halogenated alkanes) is 22. The van der Waals surface area contributed by atoms with Crippen molar-refractivity contribution in [2.75, 3.05) is 39.6 Å². The average molecular weight is 1170 g/mol. The summed E-state index contributed by atoms with van der Waals surface area (Å²) in [6.45, 7) is 13.8. The average Bonchev–Trinajstić information content (AvgIpc) is 3.39. The molecule has 0 heterocycles. The summed E-state index contributed by atoms with van der Waals surface area (Å²) in [6, 6.07) is 0. The molecule has 0 saturated heterocycles. The van der Waals surface area contributed by atoms with Crippen LogP contribution in [-0.4, -0.2) is 96.7 Å². The second-order valence-corrected chi connectivity index (χ2v) is 26.3. The first-order valence-electron chi connectivity index (χ1n) is 31.2. The van der Waals surface area contributed by atoms with Crippen molar-refractivity contribution in [3.8, 4) is 0 Å². The molecule has 0 spiro atoms. The summed E-state index contributed by atoms with van der Waals surface area (Å²) in [6.07, 6.45) is 28.4. The molecule has 0 aromatic carbocycles. The number of esters is 4. The van der Waals surface area contributed by atoms with Gasteiger partial charge in [-0.05, 0) is 49.4 Å². The minimum absolute atomic E-state index is 0.101. The monoisotopic (exact) mass is 1170 g/mol. The van der Waals surface area contributed by atoms with Crippen molar-refractivity contribution in [2.24, 2.45) is 23.7 Å². The van der Waals surface area contributed by atoms with E-state index in [0.717, 1.165) is 109 Å². The highest BCUT2D eigenvalue weighted by Crippen LogP contribution is 2.45. The van der Waals surface area contributed by atoms with Crippen molar-refractivity contribution in [2.45, 2.75) is 298 Å². The molecule has 0 amide bonds. The van der Waals surface area contributed by atoms with Gasteiger partial charge in [0.05, 0.1) is 26.4 Å². The maximum Gasteiger partial charge on any atom is 0.472 e. The van der Waals surface area contributed by atoms with Crippen LogP contribution in [0.1, 0.15) is 280 Å². The molecule has 0 bridgehead atoms. The third-order valence-corrected chi connectivity index (χ3v) is 15.8. The standard InChI is InChI=1S/C60H116O17P2/c1-9-53(8)39-31-23-17-19-27-35-43-60(65)77-56(46-70-57(62)40-32-24-14-10-12-20-28-36-50(2)3)49-75-79(68,69)73-45-54(61)44-72-78(66,67)74-48-55(47-71-58(63)41-33-25-18-16-22-30-38-52(6)7)76-59(64)42-34-26-15-11-13-21-29-37-51(4)5/h50-56,61H,9-49H2,1-8H3,(H,66,67)(H,68,69)/t53?,54-,55+,56+/m0/s1. The quantitative estimate of drug-likeness (QED) is 0.0222. The van der Waals surface area contributed by atoms with Crippen LogP contribution in [0.4, 0.5) is 0 Å². The second kappa shape index (κ2) is 50.6. The van der Waals surface area contributed by atoms with Gasteiger partial charge in [-0.2, -0.15) is 0 Å². The molecule has 79 heavy (non-hydrogen) atoms. The minimum Gasteiger partial charge on any atom is -0.462 e. The van der Waals surface area contributed by atoms with Crippen molar-refractivity contribution >= 4 is 39.5 Å². The predicted octanol–water partition coefficient (Wildman–Crippen LogP) is 15.8. The largest absolute Gasteiger partial charge is 0.472 e. The first-order valence-corrected chi connectivity index (χ1v) is 34.2. The summed E-state index contributed by atoms with van der Waals surface area (Å²) >= 11 is 0. The van der Waals surface area contributed by atoms with Gasteiger partial charge in [0, 0.05) is 25.7 Å². The fraction of sp³-hybridized carbons (Fsp3) is 0.933. The number of aliphatic hydroxyl groups excluding tert-OH is 1. The molecule has 0 aromatic heterocycles. The Morgan fingerprint density at radius 1 is 0.354 bits per heavy atom. The first kappa shape index (κ1) is 77.1. The predicted molar refractivity (Wildman–Crippen MR) is 312 cm³/mol. The number of hydrogen-bond donors (Lipinski definition) is 3. The van der Waals surface area contributed by atoms with Gasteiger partial charge in [0.2, 0.25) is 0 Å². The fourth-order valence-electron chi connectivity index (χ4n) is 8.69. The molecule has 3 unspecified atom stereocenters. The molecule has 0 aliphatic rings. The first-order chi connectivity index (χ1) is 37.6. The summed E-state index contributed by atoms with van der Waals surface area (Å²) in [5.74, 6) is 0.649. The lowest BCUT2D eigenvalue weighted by molar-refractivity contribution is -0.161. The number of aliphatic hydroxyl groups is 1. The topological polar surface area (TPSA) is 237 Å². The number of carbonyl (C=O) groups is 4. The minimum atomic E-state index is -4.94. The van der Waals surface area contributed by atoms with Gasteiger partial charge in [0.15, 0.2) is 12.2 Å². The fourth-order valence-corrected chi connectivity index (χ4v) is 10.3. The van der Waals surface area contributed by atoms with Crippen molar-refractivity contribution in [3.05, 3.63) is 0 Å². The molecule has 6 atom stereocenters. The van der Waals surface area contributed by atoms with Crippen molar-refractivity contribution < 1.29 is 80.2 Å². The summed E-state index contributed by atoms with van der Waals surface area (Å²) < 4.78 is 67.7. The normalized spacial score (nSPS) is 14.9. The molecule has 19 heteroatoms. The smallest absolute Gasteiger partial charge is 0.462 e. The number of ether oxygens (including phenoxy) is 4. The summed E-state index contributed by atoms with van der Waals surface area (Å²) in [5, 5.41) is 10.5. The molecular formula is C60H116O17P2. The Bertz CT molecular complexity index is 1600. The van der Waals surface area contributed by atoms with Gasteiger partial charge >= 0.3 is 39.5 Å². The van der Waals surface area contributed by atoms with E-state index in [2.05, 4.69) is 55.4 Å². The molecule has 3 N–H and O–H groups in total. The number of rotatable bonds is 57. The molecule has 0 aliphatic carbocycles. The number of carbonyl (C=O) groups excluding carboxylic acids is 4. The van der Waals surface area contributed by atoms with Gasteiger partial charge in [-0.25, -0.2) is 9.13 Å². The van der Waals surface area contributed by atoms with Crippen LogP contribution in [0.25, 0.3) is 0 Å².